The molecular formula is C19H32OSi. The van der Waals surface area contributed by atoms with Gasteiger partial charge in [0.2, 0.25) is 0 Å². The minimum atomic E-state index is -1.63. The highest BCUT2D eigenvalue weighted by Crippen LogP contribution is 2.36. The van der Waals surface area contributed by atoms with Gasteiger partial charge in [0.15, 0.2) is 8.32 Å². The fraction of sp³-hybridized carbons (Fsp3) is 0.579. The first kappa shape index (κ1) is 18.2. The predicted octanol–water partition coefficient (Wildman–Crippen LogP) is 6.02. The summed E-state index contributed by atoms with van der Waals surface area (Å²) in [5.74, 6) is 0. The third-order valence-corrected chi connectivity index (χ3v) is 8.93. The van der Waals surface area contributed by atoms with Crippen LogP contribution in [-0.2, 0) is 9.84 Å². The second kappa shape index (κ2) is 6.49. The molecule has 0 bridgehead atoms. The first-order valence-electron chi connectivity index (χ1n) is 7.84. The zero-order chi connectivity index (χ0) is 16.3. The lowest BCUT2D eigenvalue weighted by Crippen LogP contribution is -2.40. The quantitative estimate of drug-likeness (QED) is 0.618. The van der Waals surface area contributed by atoms with Gasteiger partial charge < -0.3 is 4.43 Å². The zero-order valence-electron chi connectivity index (χ0n) is 15.1. The van der Waals surface area contributed by atoms with Crippen molar-refractivity contribution in [2.75, 3.05) is 6.61 Å². The Morgan fingerprint density at radius 1 is 0.952 bits per heavy atom. The van der Waals surface area contributed by atoms with Gasteiger partial charge in [-0.15, -0.1) is 0 Å². The molecule has 0 saturated heterocycles. The molecule has 0 aliphatic carbocycles. The van der Waals surface area contributed by atoms with Crippen LogP contribution in [0.5, 0.6) is 0 Å². The van der Waals surface area contributed by atoms with Crippen LogP contribution >= 0.6 is 0 Å². The highest BCUT2D eigenvalue weighted by molar-refractivity contribution is 6.74. The van der Waals surface area contributed by atoms with E-state index in [2.05, 4.69) is 91.1 Å². The van der Waals surface area contributed by atoms with E-state index in [4.69, 9.17) is 4.43 Å². The van der Waals surface area contributed by atoms with Crippen LogP contribution in [0.3, 0.4) is 0 Å². The van der Waals surface area contributed by atoms with E-state index in [0.29, 0.717) is 6.61 Å². The summed E-state index contributed by atoms with van der Waals surface area (Å²) in [5.41, 5.74) is 2.83. The number of hydrogen-bond donors (Lipinski definition) is 0. The molecule has 1 aromatic rings. The molecule has 0 radical (unpaired) electrons. The van der Waals surface area contributed by atoms with E-state index in [9.17, 15) is 0 Å². The molecule has 0 atom stereocenters. The van der Waals surface area contributed by atoms with Gasteiger partial charge >= 0.3 is 0 Å². The monoisotopic (exact) mass is 304 g/mol. The third kappa shape index (κ3) is 5.44. The molecule has 118 valence electrons. The van der Waals surface area contributed by atoms with Crippen LogP contribution in [0.4, 0.5) is 0 Å². The highest BCUT2D eigenvalue weighted by Gasteiger charge is 2.36. The average molecular weight is 305 g/mol. The van der Waals surface area contributed by atoms with Gasteiger partial charge in [-0.2, -0.15) is 0 Å². The van der Waals surface area contributed by atoms with Gasteiger partial charge in [0, 0.05) is 0 Å². The average Bonchev–Trinajstić information content (AvgIpc) is 2.33. The van der Waals surface area contributed by atoms with Crippen molar-refractivity contribution in [2.45, 2.75) is 65.1 Å². The number of benzene rings is 1. The second-order valence-corrected chi connectivity index (χ2v) is 13.2. The smallest absolute Gasteiger partial charge is 0.192 e. The molecule has 0 aliphatic heterocycles. The summed E-state index contributed by atoms with van der Waals surface area (Å²) in [5, 5.41) is 0.273. The Kier molecular flexibility index (Phi) is 5.62. The molecule has 1 aromatic carbocycles. The summed E-state index contributed by atoms with van der Waals surface area (Å²) >= 11 is 0. The first-order valence-corrected chi connectivity index (χ1v) is 10.8. The molecule has 0 unspecified atom stereocenters. The van der Waals surface area contributed by atoms with Crippen molar-refractivity contribution >= 4 is 14.4 Å². The van der Waals surface area contributed by atoms with Crippen molar-refractivity contribution in [3.05, 3.63) is 41.5 Å². The second-order valence-electron chi connectivity index (χ2n) is 8.35. The molecule has 0 heterocycles. The summed E-state index contributed by atoms with van der Waals surface area (Å²) in [6.45, 7) is 18.8. The van der Waals surface area contributed by atoms with Crippen molar-refractivity contribution in [3.8, 4) is 0 Å². The van der Waals surface area contributed by atoms with Crippen LogP contribution in [0.2, 0.25) is 18.1 Å². The Morgan fingerprint density at radius 2 is 1.48 bits per heavy atom. The van der Waals surface area contributed by atoms with Crippen molar-refractivity contribution < 1.29 is 4.43 Å². The van der Waals surface area contributed by atoms with E-state index in [1.165, 1.54) is 11.1 Å². The maximum Gasteiger partial charge on any atom is 0.192 e. The van der Waals surface area contributed by atoms with Crippen LogP contribution in [0, 0.1) is 0 Å². The van der Waals surface area contributed by atoms with E-state index < -0.39 is 8.32 Å². The summed E-state index contributed by atoms with van der Waals surface area (Å²) in [4.78, 5) is 0. The van der Waals surface area contributed by atoms with Crippen molar-refractivity contribution in [3.63, 3.8) is 0 Å². The molecule has 1 rings (SSSR count). The molecule has 21 heavy (non-hydrogen) atoms. The summed E-state index contributed by atoms with van der Waals surface area (Å²) in [6, 6.07) is 8.80. The lowest BCUT2D eigenvalue weighted by molar-refractivity contribution is 0.328. The van der Waals surface area contributed by atoms with Crippen LogP contribution in [0.15, 0.2) is 30.3 Å². The standard InChI is InChI=1S/C19H32OSi/c1-18(2,3)17-13-11-16(12-14-17)10-9-15-20-21(7,8)19(4,5)6/h9-14H,15H2,1-8H3/b10-9+. The minimum Gasteiger partial charge on any atom is -0.413 e. The lowest BCUT2D eigenvalue weighted by Gasteiger charge is -2.35. The van der Waals surface area contributed by atoms with Gasteiger partial charge in [-0.25, -0.2) is 0 Å². The SMILES string of the molecule is CC(C)(C)c1ccc(/C=C/CO[Si](C)(C)C(C)(C)C)cc1. The Bertz CT molecular complexity index is 470. The molecule has 0 aliphatic rings. The van der Waals surface area contributed by atoms with Crippen LogP contribution in [0.1, 0.15) is 52.7 Å². The Balaban J connectivity index is 2.59. The normalized spacial score (nSPS) is 13.9. The van der Waals surface area contributed by atoms with Gasteiger partial charge in [0.25, 0.3) is 0 Å². The van der Waals surface area contributed by atoms with E-state index in [1.54, 1.807) is 0 Å². The number of hydrogen-bond acceptors (Lipinski definition) is 1. The molecule has 0 spiro atoms. The van der Waals surface area contributed by atoms with Crippen LogP contribution < -0.4 is 0 Å². The van der Waals surface area contributed by atoms with Crippen molar-refractivity contribution in [2.24, 2.45) is 0 Å². The molecule has 1 nitrogen and oxygen atoms in total. The van der Waals surface area contributed by atoms with Crippen molar-refractivity contribution in [1.82, 2.24) is 0 Å². The maximum absolute atomic E-state index is 6.15. The van der Waals surface area contributed by atoms with Crippen LogP contribution in [0.25, 0.3) is 6.08 Å². The topological polar surface area (TPSA) is 9.23 Å². The van der Waals surface area contributed by atoms with E-state index in [0.717, 1.165) is 0 Å². The van der Waals surface area contributed by atoms with E-state index >= 15 is 0 Å². The lowest BCUT2D eigenvalue weighted by atomic mass is 9.87. The molecule has 0 aromatic heterocycles. The zero-order valence-corrected chi connectivity index (χ0v) is 16.1. The summed E-state index contributed by atoms with van der Waals surface area (Å²) in [7, 11) is -1.63. The molecule has 0 amide bonds. The Hall–Kier alpha value is -0.863. The molecule has 0 saturated carbocycles. The molecular weight excluding hydrogens is 272 g/mol. The fourth-order valence-corrected chi connectivity index (χ4v) is 2.70. The van der Waals surface area contributed by atoms with Gasteiger partial charge in [-0.05, 0) is 34.7 Å². The minimum absolute atomic E-state index is 0.216. The highest BCUT2D eigenvalue weighted by atomic mass is 28.4. The van der Waals surface area contributed by atoms with Gasteiger partial charge in [0.05, 0.1) is 6.61 Å². The largest absolute Gasteiger partial charge is 0.413 e. The predicted molar refractivity (Wildman–Crippen MR) is 97.3 cm³/mol. The summed E-state index contributed by atoms with van der Waals surface area (Å²) in [6.07, 6.45) is 4.28. The third-order valence-electron chi connectivity index (χ3n) is 4.43. The van der Waals surface area contributed by atoms with Gasteiger partial charge in [-0.1, -0.05) is 78.0 Å². The maximum atomic E-state index is 6.15. The molecule has 0 N–H and O–H groups in total. The fourth-order valence-electron chi connectivity index (χ4n) is 1.75. The van der Waals surface area contributed by atoms with Crippen LogP contribution in [-0.4, -0.2) is 14.9 Å². The Morgan fingerprint density at radius 3 is 1.90 bits per heavy atom. The van der Waals surface area contributed by atoms with E-state index in [-0.39, 0.29) is 10.5 Å². The van der Waals surface area contributed by atoms with Gasteiger partial charge in [0.1, 0.15) is 0 Å². The molecule has 2 heteroatoms. The van der Waals surface area contributed by atoms with Gasteiger partial charge in [-0.3, -0.25) is 0 Å². The van der Waals surface area contributed by atoms with E-state index in [1.807, 2.05) is 0 Å². The summed E-state index contributed by atoms with van der Waals surface area (Å²) < 4.78 is 6.15. The van der Waals surface area contributed by atoms with Crippen molar-refractivity contribution in [1.29, 1.82) is 0 Å². The first-order chi connectivity index (χ1) is 9.43. The molecule has 0 fully saturated rings. The Labute approximate surface area is 132 Å². The number of rotatable bonds is 4.